The number of hydrogen-bond acceptors (Lipinski definition) is 23. The van der Waals surface area contributed by atoms with Gasteiger partial charge in [0.25, 0.3) is 0 Å². The highest BCUT2D eigenvalue weighted by atomic mass is 32.3. The summed E-state index contributed by atoms with van der Waals surface area (Å²) in [7, 11) is -5.23. The lowest BCUT2D eigenvalue weighted by Crippen LogP contribution is -2.69. The first kappa shape index (κ1) is 45.0. The Morgan fingerprint density at radius 1 is 0.692 bits per heavy atom. The van der Waals surface area contributed by atoms with Gasteiger partial charge in [-0.15, -0.1) is 0 Å². The van der Waals surface area contributed by atoms with Crippen LogP contribution in [0.2, 0.25) is 0 Å². The summed E-state index contributed by atoms with van der Waals surface area (Å²) in [5, 5.41) is 135. The molecular formula is C26H47NO24S. The fourth-order valence-corrected chi connectivity index (χ4v) is 5.99. The molecule has 15 N–H and O–H groups in total. The molecule has 3 aliphatic rings. The summed E-state index contributed by atoms with van der Waals surface area (Å²) >= 11 is 0. The Bertz CT molecular complexity index is 1220. The van der Waals surface area contributed by atoms with Crippen molar-refractivity contribution in [3.05, 3.63) is 0 Å². The average molecular weight is 790 g/mol. The van der Waals surface area contributed by atoms with Gasteiger partial charge in [0.1, 0.15) is 97.6 Å². The zero-order valence-electron chi connectivity index (χ0n) is 27.3. The molecule has 0 aliphatic carbocycles. The number of hydrogen-bond donors (Lipinski definition) is 15. The van der Waals surface area contributed by atoms with Crippen molar-refractivity contribution in [1.29, 1.82) is 0 Å². The fraction of sp³-hybridized carbons (Fsp3) is 0.962. The number of carbonyl (C=O) groups excluding carboxylic acids is 1. The van der Waals surface area contributed by atoms with Gasteiger partial charge in [-0.25, -0.2) is 4.18 Å². The van der Waals surface area contributed by atoms with Crippen molar-refractivity contribution in [3.63, 3.8) is 0 Å². The second kappa shape index (κ2) is 19.4. The number of nitrogens with one attached hydrogen (secondary N) is 1. The highest BCUT2D eigenvalue weighted by molar-refractivity contribution is 7.80. The van der Waals surface area contributed by atoms with Crippen molar-refractivity contribution in [3.8, 4) is 0 Å². The normalized spacial score (nSPS) is 41.2. The summed E-state index contributed by atoms with van der Waals surface area (Å²) in [6.07, 6.45) is -35.5. The van der Waals surface area contributed by atoms with Crippen LogP contribution in [0.1, 0.15) is 6.92 Å². The van der Waals surface area contributed by atoms with Gasteiger partial charge in [0.05, 0.1) is 33.0 Å². The largest absolute Gasteiger partial charge is 0.397 e. The van der Waals surface area contributed by atoms with E-state index in [0.717, 1.165) is 6.92 Å². The van der Waals surface area contributed by atoms with Crippen molar-refractivity contribution < 1.29 is 117 Å². The van der Waals surface area contributed by atoms with E-state index in [2.05, 4.69) is 9.50 Å². The molecule has 3 aliphatic heterocycles. The van der Waals surface area contributed by atoms with Crippen molar-refractivity contribution in [2.24, 2.45) is 0 Å². The second-order valence-electron chi connectivity index (χ2n) is 12.2. The van der Waals surface area contributed by atoms with Crippen molar-refractivity contribution in [2.75, 3.05) is 33.0 Å². The Labute approximate surface area is 295 Å². The van der Waals surface area contributed by atoms with E-state index in [1.165, 1.54) is 0 Å². The van der Waals surface area contributed by atoms with Gasteiger partial charge >= 0.3 is 10.4 Å². The van der Waals surface area contributed by atoms with Crippen LogP contribution >= 0.6 is 0 Å². The summed E-state index contributed by atoms with van der Waals surface area (Å²) in [5.41, 5.74) is 0. The van der Waals surface area contributed by atoms with Gasteiger partial charge in [0.15, 0.2) is 18.9 Å². The first-order valence-electron chi connectivity index (χ1n) is 15.7. The van der Waals surface area contributed by atoms with Gasteiger partial charge in [-0.3, -0.25) is 9.35 Å². The van der Waals surface area contributed by atoms with Crippen molar-refractivity contribution in [1.82, 2.24) is 5.32 Å². The number of aliphatic hydroxyl groups excluding tert-OH is 13. The molecule has 0 spiro atoms. The number of aliphatic hydroxyl groups is 13. The van der Waals surface area contributed by atoms with Crippen LogP contribution in [0.3, 0.4) is 0 Å². The molecule has 0 aromatic heterocycles. The molecule has 3 heterocycles. The van der Waals surface area contributed by atoms with Crippen molar-refractivity contribution in [2.45, 2.75) is 123 Å². The first-order valence-corrected chi connectivity index (χ1v) is 17.0. The third-order valence-electron chi connectivity index (χ3n) is 8.45. The van der Waals surface area contributed by atoms with E-state index in [0.29, 0.717) is 0 Å². The SMILES string of the molecule is CC(=O)N[C@H]1[C@H](O[C@H]2[C@@H](O)[C@@H](CO)O[C@@H](O[C@@H]([C@H](O)[C@@H](O)CO)[C@H](O)CO)[C@@H]2O)O[C@H](COS(=O)(=O)O)[C@@H](O[C@@H]2O[C@H](CO)[C@H](O)[C@H](O)[C@H]2O)[C@@H]1O. The lowest BCUT2D eigenvalue weighted by Gasteiger charge is -2.49. The maximum Gasteiger partial charge on any atom is 0.397 e. The first-order chi connectivity index (χ1) is 24.3. The second-order valence-corrected chi connectivity index (χ2v) is 13.3. The smallest absolute Gasteiger partial charge is 0.394 e. The molecule has 306 valence electrons. The van der Waals surface area contributed by atoms with Gasteiger partial charge in [-0.05, 0) is 0 Å². The third kappa shape index (κ3) is 10.9. The van der Waals surface area contributed by atoms with Crippen LogP contribution in [0.25, 0.3) is 0 Å². The number of ether oxygens (including phenoxy) is 6. The van der Waals surface area contributed by atoms with Crippen LogP contribution in [0, 0.1) is 0 Å². The standard InChI is InChI=1S/C26H47NO24S/c1-7(32)27-13-17(38)22(50-25-19(40)18(39)15(36)10(4-30)46-25)12(6-45-52(42,43)44)48-24(13)51-23-16(37)11(5-31)47-26(20(23)41)49-21(9(34)3-29)14(35)8(33)2-28/h8-26,28-31,33-41H,2-6H2,1H3,(H,27,32)(H,42,43,44)/t8-,9+,10+,11+,12+,13+,14+,15-,16-,17+,18-,19+,20+,21+,22+,23-,24-,25-,26-/m0/s1. The molecule has 26 heteroatoms. The molecule has 0 unspecified atom stereocenters. The van der Waals surface area contributed by atoms with Crippen LogP contribution in [0.15, 0.2) is 0 Å². The minimum Gasteiger partial charge on any atom is -0.394 e. The Balaban J connectivity index is 1.97. The minimum atomic E-state index is -5.23. The Morgan fingerprint density at radius 3 is 1.77 bits per heavy atom. The summed E-state index contributed by atoms with van der Waals surface area (Å²) in [6.45, 7) is -4.28. The molecule has 0 radical (unpaired) electrons. The maximum atomic E-state index is 12.2. The van der Waals surface area contributed by atoms with Crippen molar-refractivity contribution >= 4 is 16.3 Å². The monoisotopic (exact) mass is 789 g/mol. The minimum absolute atomic E-state index is 0.875. The topological polar surface area (TPSA) is 411 Å². The van der Waals surface area contributed by atoms with E-state index in [-0.39, 0.29) is 0 Å². The molecule has 0 saturated carbocycles. The molecule has 0 aromatic carbocycles. The number of rotatable bonds is 17. The molecule has 25 nitrogen and oxygen atoms in total. The quantitative estimate of drug-likeness (QED) is 0.0608. The van der Waals surface area contributed by atoms with Gasteiger partial charge in [-0.2, -0.15) is 8.42 Å². The molecule has 3 saturated heterocycles. The van der Waals surface area contributed by atoms with E-state index < -0.39 is 166 Å². The molecule has 1 amide bonds. The van der Waals surface area contributed by atoms with E-state index in [1.54, 1.807) is 0 Å². The molecule has 0 aromatic rings. The van der Waals surface area contributed by atoms with E-state index >= 15 is 0 Å². The van der Waals surface area contributed by atoms with Crippen LogP contribution in [0.4, 0.5) is 0 Å². The van der Waals surface area contributed by atoms with E-state index in [9.17, 15) is 84.1 Å². The lowest BCUT2D eigenvalue weighted by molar-refractivity contribution is -0.372. The fourth-order valence-electron chi connectivity index (χ4n) is 5.68. The summed E-state index contributed by atoms with van der Waals surface area (Å²) in [5.74, 6) is -0.875. The third-order valence-corrected chi connectivity index (χ3v) is 8.89. The van der Waals surface area contributed by atoms with Crippen LogP contribution < -0.4 is 5.32 Å². The Kier molecular flexibility index (Phi) is 16.8. The Hall–Kier alpha value is -1.42. The van der Waals surface area contributed by atoms with E-state index in [1.807, 2.05) is 0 Å². The lowest BCUT2D eigenvalue weighted by atomic mass is 9.94. The van der Waals surface area contributed by atoms with Crippen LogP contribution in [-0.2, 0) is 47.8 Å². The number of carbonyl (C=O) groups is 1. The van der Waals surface area contributed by atoms with Gasteiger partial charge < -0.3 is 100 Å². The molecule has 3 rings (SSSR count). The predicted octanol–water partition coefficient (Wildman–Crippen LogP) is -10.1. The predicted molar refractivity (Wildman–Crippen MR) is 158 cm³/mol. The molecule has 52 heavy (non-hydrogen) atoms. The van der Waals surface area contributed by atoms with Gasteiger partial charge in [0.2, 0.25) is 5.91 Å². The highest BCUT2D eigenvalue weighted by Gasteiger charge is 2.55. The molecule has 0 bridgehead atoms. The summed E-state index contributed by atoms with van der Waals surface area (Å²) in [6, 6.07) is -1.81. The van der Waals surface area contributed by atoms with Gasteiger partial charge in [0, 0.05) is 6.92 Å². The van der Waals surface area contributed by atoms with Gasteiger partial charge in [-0.1, -0.05) is 0 Å². The highest BCUT2D eigenvalue weighted by Crippen LogP contribution is 2.33. The zero-order chi connectivity index (χ0) is 39.2. The summed E-state index contributed by atoms with van der Waals surface area (Å²) < 4.78 is 69.6. The average Bonchev–Trinajstić information content (AvgIpc) is 3.09. The number of amides is 1. The van der Waals surface area contributed by atoms with Crippen LogP contribution in [-0.4, -0.2) is 235 Å². The molecular weight excluding hydrogens is 742 g/mol. The molecule has 19 atom stereocenters. The molecule has 3 fully saturated rings. The summed E-state index contributed by atoms with van der Waals surface area (Å²) in [4.78, 5) is 12.2. The zero-order valence-corrected chi connectivity index (χ0v) is 28.1. The van der Waals surface area contributed by atoms with Crippen LogP contribution in [0.5, 0.6) is 0 Å². The maximum absolute atomic E-state index is 12.2. The van der Waals surface area contributed by atoms with E-state index in [4.69, 9.17) is 28.4 Å². The Morgan fingerprint density at radius 2 is 1.23 bits per heavy atom.